The summed E-state index contributed by atoms with van der Waals surface area (Å²) in [6.45, 7) is 2.67. The molecule has 2 aromatic heterocycles. The van der Waals surface area contributed by atoms with Crippen molar-refractivity contribution in [3.05, 3.63) is 96.7 Å². The fourth-order valence-electron chi connectivity index (χ4n) is 4.57. The minimum atomic E-state index is -0.0252. The van der Waals surface area contributed by atoms with Crippen molar-refractivity contribution >= 4 is 33.4 Å². The van der Waals surface area contributed by atoms with Gasteiger partial charge < -0.3 is 9.80 Å². The van der Waals surface area contributed by atoms with E-state index in [0.29, 0.717) is 31.9 Å². The lowest BCUT2D eigenvalue weighted by atomic mass is 10.0. The van der Waals surface area contributed by atoms with Crippen LogP contribution in [0.4, 0.5) is 5.82 Å². The molecule has 0 atom stereocenters. The van der Waals surface area contributed by atoms with E-state index in [1.54, 1.807) is 0 Å². The molecule has 1 aliphatic heterocycles. The van der Waals surface area contributed by atoms with Crippen molar-refractivity contribution in [3.63, 3.8) is 0 Å². The van der Waals surface area contributed by atoms with Crippen LogP contribution >= 0.6 is 0 Å². The first-order chi connectivity index (χ1) is 16.8. The zero-order valence-electron chi connectivity index (χ0n) is 18.6. The molecule has 166 valence electrons. The maximum atomic E-state index is 13.0. The zero-order valence-corrected chi connectivity index (χ0v) is 18.6. The van der Waals surface area contributed by atoms with Gasteiger partial charge in [-0.1, -0.05) is 66.7 Å². The number of hydrogen-bond donors (Lipinski definition) is 0. The van der Waals surface area contributed by atoms with E-state index < -0.39 is 0 Å². The number of carbonyl (C=O) groups is 1. The molecule has 5 aromatic rings. The molecule has 6 rings (SSSR count). The van der Waals surface area contributed by atoms with Crippen LogP contribution in [0.15, 0.2) is 91.0 Å². The van der Waals surface area contributed by atoms with Crippen LogP contribution in [-0.4, -0.2) is 52.2 Å². The van der Waals surface area contributed by atoms with Crippen LogP contribution in [0.5, 0.6) is 0 Å². The second-order valence-corrected chi connectivity index (χ2v) is 8.47. The number of aromatic nitrogens is 3. The van der Waals surface area contributed by atoms with Gasteiger partial charge in [-0.3, -0.25) is 4.79 Å². The first-order valence-electron chi connectivity index (χ1n) is 11.5. The van der Waals surface area contributed by atoms with Crippen LogP contribution in [0.25, 0.3) is 32.9 Å². The quantitative estimate of drug-likeness (QED) is 0.399. The summed E-state index contributed by atoms with van der Waals surface area (Å²) in [5, 5.41) is 12.4. The molecule has 6 heteroatoms. The van der Waals surface area contributed by atoms with Crippen LogP contribution in [0.3, 0.4) is 0 Å². The number of anilines is 1. The molecule has 1 saturated heterocycles. The van der Waals surface area contributed by atoms with Gasteiger partial charge in [-0.25, -0.2) is 4.98 Å². The molecule has 3 heterocycles. The number of amides is 1. The van der Waals surface area contributed by atoms with E-state index in [-0.39, 0.29) is 5.91 Å². The summed E-state index contributed by atoms with van der Waals surface area (Å²) in [5.41, 5.74) is 3.27. The lowest BCUT2D eigenvalue weighted by molar-refractivity contribution is 0.0741. The highest BCUT2D eigenvalue weighted by molar-refractivity contribution is 5.96. The van der Waals surface area contributed by atoms with Crippen molar-refractivity contribution in [2.45, 2.75) is 0 Å². The topological polar surface area (TPSA) is 62.2 Å². The molecule has 34 heavy (non-hydrogen) atoms. The summed E-state index contributed by atoms with van der Waals surface area (Å²) in [7, 11) is 0. The number of hydrogen-bond acceptors (Lipinski definition) is 5. The molecular formula is C28H23N5O. The van der Waals surface area contributed by atoms with Crippen molar-refractivity contribution in [2.75, 3.05) is 31.1 Å². The number of benzene rings is 3. The van der Waals surface area contributed by atoms with Crippen LogP contribution in [0.2, 0.25) is 0 Å². The molecule has 0 N–H and O–H groups in total. The Kier molecular flexibility index (Phi) is 5.11. The van der Waals surface area contributed by atoms with Crippen molar-refractivity contribution < 1.29 is 4.79 Å². The molecule has 1 aliphatic rings. The minimum Gasteiger partial charge on any atom is -0.352 e. The first-order valence-corrected chi connectivity index (χ1v) is 11.5. The van der Waals surface area contributed by atoms with E-state index >= 15 is 0 Å². The SMILES string of the molecule is O=C(c1ccc2ccccc2n1)N1CCN(c2ccc(-c3cccc4ccccc34)nn2)CC1. The molecule has 6 nitrogen and oxygen atoms in total. The molecule has 3 aromatic carbocycles. The van der Waals surface area contributed by atoms with Crippen molar-refractivity contribution in [2.24, 2.45) is 0 Å². The van der Waals surface area contributed by atoms with Gasteiger partial charge in [-0.15, -0.1) is 10.2 Å². The molecule has 0 radical (unpaired) electrons. The third-order valence-electron chi connectivity index (χ3n) is 6.42. The van der Waals surface area contributed by atoms with E-state index in [4.69, 9.17) is 0 Å². The van der Waals surface area contributed by atoms with Crippen LogP contribution in [0.1, 0.15) is 10.5 Å². The van der Waals surface area contributed by atoms with Gasteiger partial charge in [0.2, 0.25) is 0 Å². The molecule has 0 aliphatic carbocycles. The average molecular weight is 446 g/mol. The maximum Gasteiger partial charge on any atom is 0.272 e. The average Bonchev–Trinajstić information content (AvgIpc) is 2.92. The molecule has 0 spiro atoms. The Hall–Kier alpha value is -4.32. The summed E-state index contributed by atoms with van der Waals surface area (Å²) in [4.78, 5) is 21.6. The number of piperazine rings is 1. The van der Waals surface area contributed by atoms with Crippen LogP contribution in [-0.2, 0) is 0 Å². The summed E-state index contributed by atoms with van der Waals surface area (Å²) >= 11 is 0. The van der Waals surface area contributed by atoms with Gasteiger partial charge in [0.05, 0.1) is 11.2 Å². The van der Waals surface area contributed by atoms with Gasteiger partial charge in [0.25, 0.3) is 5.91 Å². The Balaban J connectivity index is 1.15. The number of nitrogens with zero attached hydrogens (tertiary/aromatic N) is 5. The Morgan fingerprint density at radius 3 is 2.26 bits per heavy atom. The highest BCUT2D eigenvalue weighted by Gasteiger charge is 2.24. The predicted molar refractivity (Wildman–Crippen MR) is 135 cm³/mol. The van der Waals surface area contributed by atoms with Crippen molar-refractivity contribution in [1.82, 2.24) is 20.1 Å². The van der Waals surface area contributed by atoms with Crippen molar-refractivity contribution in [3.8, 4) is 11.3 Å². The number of carbonyl (C=O) groups excluding carboxylic acids is 1. The first kappa shape index (κ1) is 20.3. The fourth-order valence-corrected chi connectivity index (χ4v) is 4.57. The molecular weight excluding hydrogens is 422 g/mol. The minimum absolute atomic E-state index is 0.0252. The number of para-hydroxylation sites is 1. The summed E-state index contributed by atoms with van der Waals surface area (Å²) in [6, 6.07) is 30.2. The third-order valence-corrected chi connectivity index (χ3v) is 6.42. The second kappa shape index (κ2) is 8.56. The predicted octanol–water partition coefficient (Wildman–Crippen LogP) is 4.81. The maximum absolute atomic E-state index is 13.0. The van der Waals surface area contributed by atoms with E-state index in [9.17, 15) is 4.79 Å². The van der Waals surface area contributed by atoms with E-state index in [2.05, 4.69) is 44.3 Å². The molecule has 1 amide bonds. The van der Waals surface area contributed by atoms with Crippen LogP contribution in [0, 0.1) is 0 Å². The Bertz CT molecular complexity index is 1490. The zero-order chi connectivity index (χ0) is 22.9. The lowest BCUT2D eigenvalue weighted by Crippen LogP contribution is -2.49. The third kappa shape index (κ3) is 3.73. The van der Waals surface area contributed by atoms with E-state index in [1.807, 2.05) is 71.6 Å². The summed E-state index contributed by atoms with van der Waals surface area (Å²) < 4.78 is 0. The standard InChI is InChI=1S/C28H23N5O/c34-28(26-13-12-21-7-2-4-11-24(21)29-26)33-18-16-32(17-19-33)27-15-14-25(30-31-27)23-10-5-8-20-6-1-3-9-22(20)23/h1-15H,16-19H2. The lowest BCUT2D eigenvalue weighted by Gasteiger charge is -2.35. The largest absolute Gasteiger partial charge is 0.352 e. The van der Waals surface area contributed by atoms with Gasteiger partial charge in [0.1, 0.15) is 5.69 Å². The number of fused-ring (bicyclic) bond motifs is 2. The monoisotopic (exact) mass is 445 g/mol. The van der Waals surface area contributed by atoms with Crippen molar-refractivity contribution in [1.29, 1.82) is 0 Å². The number of rotatable bonds is 3. The highest BCUT2D eigenvalue weighted by Crippen LogP contribution is 2.27. The van der Waals surface area contributed by atoms with Gasteiger partial charge in [0.15, 0.2) is 5.82 Å². The number of pyridine rings is 1. The molecule has 0 bridgehead atoms. The van der Waals surface area contributed by atoms with Gasteiger partial charge >= 0.3 is 0 Å². The molecule has 1 fully saturated rings. The Labute approximate surface area is 197 Å². The Morgan fingerprint density at radius 2 is 1.44 bits per heavy atom. The second-order valence-electron chi connectivity index (χ2n) is 8.47. The van der Waals surface area contributed by atoms with E-state index in [0.717, 1.165) is 28.0 Å². The smallest absolute Gasteiger partial charge is 0.272 e. The fraction of sp³-hybridized carbons (Fsp3) is 0.143. The summed E-state index contributed by atoms with van der Waals surface area (Å²) in [6.07, 6.45) is 0. The Morgan fingerprint density at radius 1 is 0.676 bits per heavy atom. The van der Waals surface area contributed by atoms with E-state index in [1.165, 1.54) is 10.8 Å². The van der Waals surface area contributed by atoms with Gasteiger partial charge in [-0.2, -0.15) is 0 Å². The molecule has 0 unspecified atom stereocenters. The van der Waals surface area contributed by atoms with Crippen LogP contribution < -0.4 is 4.90 Å². The normalized spacial score (nSPS) is 14.0. The highest BCUT2D eigenvalue weighted by atomic mass is 16.2. The molecule has 0 saturated carbocycles. The van der Waals surface area contributed by atoms with Gasteiger partial charge in [-0.05, 0) is 35.0 Å². The van der Waals surface area contributed by atoms with Gasteiger partial charge in [0, 0.05) is 37.1 Å². The summed E-state index contributed by atoms with van der Waals surface area (Å²) in [5.74, 6) is 0.808.